The molecule has 0 bridgehead atoms. The van der Waals surface area contributed by atoms with Crippen LogP contribution in [0.25, 0.3) is 5.69 Å². The molecule has 0 atom stereocenters. The van der Waals surface area contributed by atoms with Crippen molar-refractivity contribution in [3.63, 3.8) is 0 Å². The van der Waals surface area contributed by atoms with Crippen molar-refractivity contribution in [1.29, 1.82) is 0 Å². The lowest BCUT2D eigenvalue weighted by atomic mass is 10.1. The van der Waals surface area contributed by atoms with Crippen LogP contribution < -0.4 is 0 Å². The first kappa shape index (κ1) is 11.9. The summed E-state index contributed by atoms with van der Waals surface area (Å²) in [6.07, 6.45) is 1.66. The van der Waals surface area contributed by atoms with Gasteiger partial charge in [-0.2, -0.15) is 5.10 Å². The Bertz CT molecular complexity index is 713. The maximum Gasteiger partial charge on any atom is 0.221 e. The normalized spacial score (nSPS) is 10.6. The summed E-state index contributed by atoms with van der Waals surface area (Å²) in [6.45, 7) is 1.95. The van der Waals surface area contributed by atoms with Crippen molar-refractivity contribution in [1.82, 2.24) is 9.78 Å². The first-order valence-corrected chi connectivity index (χ1v) is 6.83. The maximum absolute atomic E-state index is 12.5. The van der Waals surface area contributed by atoms with Crippen molar-refractivity contribution in [2.75, 3.05) is 0 Å². The van der Waals surface area contributed by atoms with Crippen LogP contribution in [0.3, 0.4) is 0 Å². The Morgan fingerprint density at radius 3 is 2.63 bits per heavy atom. The summed E-state index contributed by atoms with van der Waals surface area (Å²) >= 11 is 1.47. The van der Waals surface area contributed by atoms with Gasteiger partial charge >= 0.3 is 0 Å². The van der Waals surface area contributed by atoms with E-state index in [-0.39, 0.29) is 5.78 Å². The summed E-state index contributed by atoms with van der Waals surface area (Å²) in [6, 6.07) is 13.4. The van der Waals surface area contributed by atoms with Gasteiger partial charge in [0.05, 0.1) is 16.8 Å². The van der Waals surface area contributed by atoms with Gasteiger partial charge in [0.25, 0.3) is 0 Å². The van der Waals surface area contributed by atoms with E-state index in [1.54, 1.807) is 16.9 Å². The molecule has 0 amide bonds. The third-order valence-corrected chi connectivity index (χ3v) is 3.96. The molecule has 0 radical (unpaired) electrons. The molecular weight excluding hydrogens is 256 g/mol. The highest BCUT2D eigenvalue weighted by Crippen LogP contribution is 2.21. The van der Waals surface area contributed by atoms with E-state index in [2.05, 4.69) is 5.10 Å². The summed E-state index contributed by atoms with van der Waals surface area (Å²) in [7, 11) is 0. The number of aryl methyl sites for hydroxylation is 1. The van der Waals surface area contributed by atoms with E-state index in [4.69, 9.17) is 0 Å². The van der Waals surface area contributed by atoms with E-state index in [0.717, 1.165) is 16.1 Å². The second kappa shape index (κ2) is 4.82. The van der Waals surface area contributed by atoms with Crippen LogP contribution in [-0.2, 0) is 0 Å². The predicted molar refractivity (Wildman–Crippen MR) is 76.1 cm³/mol. The molecule has 0 unspecified atom stereocenters. The summed E-state index contributed by atoms with van der Waals surface area (Å²) < 4.78 is 1.68. The standard InChI is InChI=1S/C15H12N2OS/c1-11-8-10-19-15(11)14(18)13-7-9-16-17(13)12-5-3-2-4-6-12/h2-10H,1H3. The van der Waals surface area contributed by atoms with Gasteiger partial charge in [-0.05, 0) is 42.1 Å². The molecule has 2 heterocycles. The van der Waals surface area contributed by atoms with Crippen molar-refractivity contribution >= 4 is 17.1 Å². The van der Waals surface area contributed by atoms with Gasteiger partial charge in [0, 0.05) is 0 Å². The van der Waals surface area contributed by atoms with Crippen LogP contribution in [0.1, 0.15) is 20.9 Å². The molecule has 0 aliphatic carbocycles. The number of thiophene rings is 1. The molecule has 0 fully saturated rings. The number of hydrogen-bond acceptors (Lipinski definition) is 3. The van der Waals surface area contributed by atoms with Gasteiger partial charge in [0.2, 0.25) is 5.78 Å². The summed E-state index contributed by atoms with van der Waals surface area (Å²) in [5.41, 5.74) is 2.50. The zero-order valence-electron chi connectivity index (χ0n) is 10.4. The number of para-hydroxylation sites is 1. The second-order valence-electron chi connectivity index (χ2n) is 4.23. The number of aromatic nitrogens is 2. The topological polar surface area (TPSA) is 34.9 Å². The highest BCUT2D eigenvalue weighted by atomic mass is 32.1. The average molecular weight is 268 g/mol. The molecule has 0 saturated heterocycles. The SMILES string of the molecule is Cc1ccsc1C(=O)c1ccnn1-c1ccccc1. The van der Waals surface area contributed by atoms with Gasteiger partial charge in [-0.25, -0.2) is 4.68 Å². The molecule has 0 N–H and O–H groups in total. The minimum absolute atomic E-state index is 0.0221. The number of rotatable bonds is 3. The third kappa shape index (κ3) is 2.11. The first-order valence-electron chi connectivity index (χ1n) is 5.95. The summed E-state index contributed by atoms with van der Waals surface area (Å²) in [4.78, 5) is 13.3. The second-order valence-corrected chi connectivity index (χ2v) is 5.14. The molecule has 1 aromatic carbocycles. The number of carbonyl (C=O) groups is 1. The van der Waals surface area contributed by atoms with Crippen molar-refractivity contribution in [2.45, 2.75) is 6.92 Å². The van der Waals surface area contributed by atoms with E-state index in [1.807, 2.05) is 48.7 Å². The van der Waals surface area contributed by atoms with Gasteiger partial charge in [-0.15, -0.1) is 11.3 Å². The Kier molecular flexibility index (Phi) is 3.01. The molecule has 2 aromatic heterocycles. The molecule has 3 rings (SSSR count). The lowest BCUT2D eigenvalue weighted by Crippen LogP contribution is -2.09. The average Bonchev–Trinajstić information content (AvgIpc) is 3.07. The lowest BCUT2D eigenvalue weighted by molar-refractivity contribution is 0.103. The van der Waals surface area contributed by atoms with Crippen molar-refractivity contribution in [2.24, 2.45) is 0 Å². The van der Waals surface area contributed by atoms with Crippen molar-refractivity contribution in [3.8, 4) is 5.69 Å². The van der Waals surface area contributed by atoms with Crippen LogP contribution in [0.5, 0.6) is 0 Å². The fraction of sp³-hybridized carbons (Fsp3) is 0.0667. The number of ketones is 1. The predicted octanol–water partition coefficient (Wildman–Crippen LogP) is 3.47. The largest absolute Gasteiger partial charge is 0.286 e. The molecule has 94 valence electrons. The number of carbonyl (C=O) groups excluding carboxylic acids is 1. The first-order chi connectivity index (χ1) is 9.27. The van der Waals surface area contributed by atoms with Crippen LogP contribution in [-0.4, -0.2) is 15.6 Å². The Morgan fingerprint density at radius 2 is 1.95 bits per heavy atom. The number of benzene rings is 1. The van der Waals surface area contributed by atoms with Crippen LogP contribution in [0.4, 0.5) is 0 Å². The van der Waals surface area contributed by atoms with Crippen LogP contribution in [0.15, 0.2) is 54.0 Å². The van der Waals surface area contributed by atoms with E-state index >= 15 is 0 Å². The van der Waals surface area contributed by atoms with Crippen LogP contribution in [0.2, 0.25) is 0 Å². The Morgan fingerprint density at radius 1 is 1.16 bits per heavy atom. The van der Waals surface area contributed by atoms with E-state index in [9.17, 15) is 4.79 Å². The van der Waals surface area contributed by atoms with E-state index in [1.165, 1.54) is 11.3 Å². The van der Waals surface area contributed by atoms with Gasteiger partial charge in [0.15, 0.2) is 0 Å². The molecule has 0 saturated carbocycles. The summed E-state index contributed by atoms with van der Waals surface area (Å²) in [5.74, 6) is 0.0221. The molecule has 4 heteroatoms. The van der Waals surface area contributed by atoms with E-state index < -0.39 is 0 Å². The van der Waals surface area contributed by atoms with Gasteiger partial charge < -0.3 is 0 Å². The quantitative estimate of drug-likeness (QED) is 0.682. The third-order valence-electron chi connectivity index (χ3n) is 2.94. The molecule has 19 heavy (non-hydrogen) atoms. The molecule has 0 aliphatic rings. The fourth-order valence-corrected chi connectivity index (χ4v) is 2.85. The molecule has 3 aromatic rings. The minimum atomic E-state index is 0.0221. The van der Waals surface area contributed by atoms with E-state index in [0.29, 0.717) is 5.69 Å². The van der Waals surface area contributed by atoms with Crippen LogP contribution in [0, 0.1) is 6.92 Å². The fourth-order valence-electron chi connectivity index (χ4n) is 1.97. The molecule has 0 spiro atoms. The van der Waals surface area contributed by atoms with Crippen molar-refractivity contribution < 1.29 is 4.79 Å². The zero-order chi connectivity index (χ0) is 13.2. The van der Waals surface area contributed by atoms with Gasteiger partial charge in [-0.1, -0.05) is 18.2 Å². The zero-order valence-corrected chi connectivity index (χ0v) is 11.2. The molecule has 3 nitrogen and oxygen atoms in total. The van der Waals surface area contributed by atoms with Crippen LogP contribution >= 0.6 is 11.3 Å². The van der Waals surface area contributed by atoms with Gasteiger partial charge in [-0.3, -0.25) is 4.79 Å². The van der Waals surface area contributed by atoms with Crippen molar-refractivity contribution in [3.05, 3.63) is 70.2 Å². The minimum Gasteiger partial charge on any atom is -0.286 e. The Hall–Kier alpha value is -2.20. The highest BCUT2D eigenvalue weighted by molar-refractivity contribution is 7.12. The number of nitrogens with zero attached hydrogens (tertiary/aromatic N) is 2. The summed E-state index contributed by atoms with van der Waals surface area (Å²) in [5, 5.41) is 6.18. The smallest absolute Gasteiger partial charge is 0.221 e. The lowest BCUT2D eigenvalue weighted by Gasteiger charge is -2.06. The maximum atomic E-state index is 12.5. The molecule has 0 aliphatic heterocycles. The van der Waals surface area contributed by atoms with Gasteiger partial charge in [0.1, 0.15) is 5.69 Å². The molecular formula is C15H12N2OS. The Balaban J connectivity index is 2.06. The monoisotopic (exact) mass is 268 g/mol. The Labute approximate surface area is 115 Å². The highest BCUT2D eigenvalue weighted by Gasteiger charge is 2.18. The number of hydrogen-bond donors (Lipinski definition) is 0.